The zero-order valence-corrected chi connectivity index (χ0v) is 15.6. The molecular weight excluding hydrogens is 330 g/mol. The van der Waals surface area contributed by atoms with Crippen LogP contribution in [0.3, 0.4) is 0 Å². The molecule has 2 rings (SSSR count). The Morgan fingerprint density at radius 2 is 1.92 bits per heavy atom. The van der Waals surface area contributed by atoms with Crippen molar-refractivity contribution in [3.63, 3.8) is 0 Å². The van der Waals surface area contributed by atoms with Gasteiger partial charge in [0.1, 0.15) is 0 Å². The molecule has 0 bridgehead atoms. The van der Waals surface area contributed by atoms with Crippen molar-refractivity contribution in [2.75, 3.05) is 33.7 Å². The number of nitrogens with two attached hydrogens (primary N) is 1. The minimum absolute atomic E-state index is 0.000384. The van der Waals surface area contributed by atoms with E-state index >= 15 is 0 Å². The number of carbonyl (C=O) groups excluding carboxylic acids is 1. The molecule has 0 spiro atoms. The Kier molecular flexibility index (Phi) is 6.60. The summed E-state index contributed by atoms with van der Waals surface area (Å²) in [7, 11) is -0.468. The van der Waals surface area contributed by atoms with Crippen LogP contribution in [-0.2, 0) is 15.0 Å². The van der Waals surface area contributed by atoms with E-state index < -0.39 is 10.2 Å². The Bertz CT molecular complexity index is 531. The van der Waals surface area contributed by atoms with E-state index in [1.165, 1.54) is 14.1 Å². The van der Waals surface area contributed by atoms with Crippen LogP contribution >= 0.6 is 0 Å². The summed E-state index contributed by atoms with van der Waals surface area (Å²) in [5, 5.41) is 3.35. The molecule has 1 saturated heterocycles. The average molecular weight is 362 g/mol. The summed E-state index contributed by atoms with van der Waals surface area (Å²) in [5.74, 6) is 0.000384. The SMILES string of the molecule is CN(C)S(=O)(=O)NCC1(NCC(=O)N2CCC[C@H]2N)CCCCC1. The van der Waals surface area contributed by atoms with Gasteiger partial charge in [0, 0.05) is 32.7 Å². The molecule has 24 heavy (non-hydrogen) atoms. The number of carbonyl (C=O) groups is 1. The molecule has 2 fully saturated rings. The first-order chi connectivity index (χ1) is 11.3. The topological polar surface area (TPSA) is 108 Å². The molecular formula is C15H31N5O3S. The summed E-state index contributed by atoms with van der Waals surface area (Å²) in [4.78, 5) is 14.1. The highest BCUT2D eigenvalue weighted by atomic mass is 32.2. The second-order valence-corrected chi connectivity index (χ2v) is 9.07. The van der Waals surface area contributed by atoms with Gasteiger partial charge in [-0.05, 0) is 25.7 Å². The van der Waals surface area contributed by atoms with Gasteiger partial charge in [0.25, 0.3) is 10.2 Å². The maximum absolute atomic E-state index is 12.4. The van der Waals surface area contributed by atoms with Crippen LogP contribution in [0.4, 0.5) is 0 Å². The normalized spacial score (nSPS) is 24.5. The molecule has 9 heteroatoms. The maximum atomic E-state index is 12.4. The lowest BCUT2D eigenvalue weighted by Gasteiger charge is -2.39. The third-order valence-electron chi connectivity index (χ3n) is 5.12. The Morgan fingerprint density at radius 3 is 2.46 bits per heavy atom. The van der Waals surface area contributed by atoms with Crippen LogP contribution in [0.2, 0.25) is 0 Å². The first kappa shape index (κ1) is 19.6. The second-order valence-electron chi connectivity index (χ2n) is 7.10. The predicted octanol–water partition coefficient (Wildman–Crippen LogP) is -0.418. The number of amides is 1. The van der Waals surface area contributed by atoms with Crippen LogP contribution < -0.4 is 15.8 Å². The summed E-state index contributed by atoms with van der Waals surface area (Å²) >= 11 is 0. The molecule has 1 aliphatic heterocycles. The zero-order valence-electron chi connectivity index (χ0n) is 14.8. The molecule has 0 aromatic rings. The molecule has 1 aliphatic carbocycles. The Balaban J connectivity index is 1.96. The first-order valence-corrected chi connectivity index (χ1v) is 10.2. The molecule has 0 aromatic heterocycles. The van der Waals surface area contributed by atoms with E-state index in [0.29, 0.717) is 13.1 Å². The van der Waals surface area contributed by atoms with Gasteiger partial charge in [0.15, 0.2) is 0 Å². The fourth-order valence-electron chi connectivity index (χ4n) is 3.47. The van der Waals surface area contributed by atoms with Gasteiger partial charge >= 0.3 is 0 Å². The molecule has 1 atom stereocenters. The molecule has 0 unspecified atom stereocenters. The van der Waals surface area contributed by atoms with Gasteiger partial charge in [-0.1, -0.05) is 19.3 Å². The maximum Gasteiger partial charge on any atom is 0.278 e. The summed E-state index contributed by atoms with van der Waals surface area (Å²) < 4.78 is 27.8. The predicted molar refractivity (Wildman–Crippen MR) is 93.4 cm³/mol. The zero-order chi connectivity index (χ0) is 17.8. The Labute approximate surface area is 145 Å². The van der Waals surface area contributed by atoms with Gasteiger partial charge in [-0.2, -0.15) is 12.7 Å². The van der Waals surface area contributed by atoms with E-state index in [1.54, 1.807) is 4.90 Å². The average Bonchev–Trinajstić information content (AvgIpc) is 2.98. The lowest BCUT2D eigenvalue weighted by atomic mass is 9.81. The van der Waals surface area contributed by atoms with Gasteiger partial charge in [-0.25, -0.2) is 4.72 Å². The van der Waals surface area contributed by atoms with Crippen molar-refractivity contribution in [3.8, 4) is 0 Å². The van der Waals surface area contributed by atoms with Crippen LogP contribution in [0, 0.1) is 0 Å². The van der Waals surface area contributed by atoms with Gasteiger partial charge in [0.2, 0.25) is 5.91 Å². The highest BCUT2D eigenvalue weighted by Gasteiger charge is 2.35. The molecule has 4 N–H and O–H groups in total. The van der Waals surface area contributed by atoms with Crippen LogP contribution in [0.15, 0.2) is 0 Å². The molecule has 8 nitrogen and oxygen atoms in total. The van der Waals surface area contributed by atoms with Crippen LogP contribution in [-0.4, -0.2) is 69.0 Å². The van der Waals surface area contributed by atoms with E-state index in [4.69, 9.17) is 5.73 Å². The van der Waals surface area contributed by atoms with Crippen LogP contribution in [0.5, 0.6) is 0 Å². The highest BCUT2D eigenvalue weighted by molar-refractivity contribution is 7.87. The highest BCUT2D eigenvalue weighted by Crippen LogP contribution is 2.28. The van der Waals surface area contributed by atoms with Crippen molar-refractivity contribution in [2.24, 2.45) is 5.73 Å². The van der Waals surface area contributed by atoms with E-state index in [-0.39, 0.29) is 24.2 Å². The van der Waals surface area contributed by atoms with Crippen molar-refractivity contribution in [2.45, 2.75) is 56.7 Å². The number of hydrogen-bond donors (Lipinski definition) is 3. The monoisotopic (exact) mass is 361 g/mol. The minimum atomic E-state index is -3.47. The number of likely N-dealkylation sites (tertiary alicyclic amines) is 1. The number of rotatable bonds is 7. The number of hydrogen-bond acceptors (Lipinski definition) is 5. The van der Waals surface area contributed by atoms with E-state index in [2.05, 4.69) is 10.0 Å². The molecule has 1 saturated carbocycles. The van der Waals surface area contributed by atoms with Gasteiger partial charge in [0.05, 0.1) is 12.7 Å². The largest absolute Gasteiger partial charge is 0.326 e. The molecule has 1 amide bonds. The second kappa shape index (κ2) is 8.09. The van der Waals surface area contributed by atoms with Crippen molar-refractivity contribution in [1.82, 2.24) is 19.2 Å². The first-order valence-electron chi connectivity index (χ1n) is 8.73. The third kappa shape index (κ3) is 4.89. The van der Waals surface area contributed by atoms with E-state index in [0.717, 1.165) is 49.3 Å². The quantitative estimate of drug-likeness (QED) is 0.571. The summed E-state index contributed by atoms with van der Waals surface area (Å²) in [5.41, 5.74) is 5.59. The van der Waals surface area contributed by atoms with Gasteiger partial charge in [-0.15, -0.1) is 0 Å². The molecule has 2 aliphatic rings. The Morgan fingerprint density at radius 1 is 1.25 bits per heavy atom. The van der Waals surface area contributed by atoms with Crippen molar-refractivity contribution in [1.29, 1.82) is 0 Å². The lowest BCUT2D eigenvalue weighted by molar-refractivity contribution is -0.131. The third-order valence-corrected chi connectivity index (χ3v) is 6.59. The van der Waals surface area contributed by atoms with Gasteiger partial charge < -0.3 is 16.0 Å². The Hall–Kier alpha value is -0.740. The molecule has 0 aromatic carbocycles. The molecule has 140 valence electrons. The van der Waals surface area contributed by atoms with Crippen LogP contribution in [0.1, 0.15) is 44.9 Å². The molecule has 0 radical (unpaired) electrons. The molecule has 1 heterocycles. The van der Waals surface area contributed by atoms with Crippen molar-refractivity contribution >= 4 is 16.1 Å². The van der Waals surface area contributed by atoms with E-state index in [9.17, 15) is 13.2 Å². The minimum Gasteiger partial charge on any atom is -0.326 e. The fourth-order valence-corrected chi connectivity index (χ4v) is 4.19. The summed E-state index contributed by atoms with van der Waals surface area (Å²) in [6.07, 6.45) is 6.55. The fraction of sp³-hybridized carbons (Fsp3) is 0.933. The van der Waals surface area contributed by atoms with Crippen LogP contribution in [0.25, 0.3) is 0 Å². The lowest BCUT2D eigenvalue weighted by Crippen LogP contribution is -2.58. The smallest absolute Gasteiger partial charge is 0.278 e. The summed E-state index contributed by atoms with van der Waals surface area (Å²) in [6.45, 7) is 1.21. The summed E-state index contributed by atoms with van der Waals surface area (Å²) in [6, 6.07) is 0. The van der Waals surface area contributed by atoms with Crippen molar-refractivity contribution in [3.05, 3.63) is 0 Å². The van der Waals surface area contributed by atoms with E-state index in [1.807, 2.05) is 0 Å². The van der Waals surface area contributed by atoms with Gasteiger partial charge in [-0.3, -0.25) is 4.79 Å². The van der Waals surface area contributed by atoms with Crippen molar-refractivity contribution < 1.29 is 13.2 Å². The standard InChI is InChI=1S/C15H31N5O3S/c1-19(2)24(22,23)18-12-15(8-4-3-5-9-15)17-11-14(21)20-10-6-7-13(20)16/h13,17-18H,3-12,16H2,1-2H3/t13-/m0/s1. The number of nitrogens with one attached hydrogen (secondary N) is 2. The number of nitrogens with zero attached hydrogens (tertiary/aromatic N) is 2.